The number of sulfone groups is 1. The third-order valence-electron chi connectivity index (χ3n) is 5.32. The summed E-state index contributed by atoms with van der Waals surface area (Å²) in [5.74, 6) is 1.23. The van der Waals surface area contributed by atoms with Crippen LogP contribution >= 0.6 is 23.4 Å². The average molecular weight is 469 g/mol. The zero-order chi connectivity index (χ0) is 20.9. The molecule has 3 aliphatic rings. The van der Waals surface area contributed by atoms with Gasteiger partial charge in [-0.1, -0.05) is 29.4 Å². The Kier molecular flexibility index (Phi) is 5.07. The van der Waals surface area contributed by atoms with E-state index in [1.165, 1.54) is 17.8 Å². The van der Waals surface area contributed by atoms with Crippen LogP contribution in [0, 0.1) is 5.82 Å². The quantitative estimate of drug-likeness (QED) is 0.686. The maximum absolute atomic E-state index is 14.2. The summed E-state index contributed by atoms with van der Waals surface area (Å²) in [7, 11) is -3.16. The maximum Gasteiger partial charge on any atom is 0.164 e. The second kappa shape index (κ2) is 7.62. The van der Waals surface area contributed by atoms with E-state index in [9.17, 15) is 12.8 Å². The number of hydrogen-bond acceptors (Lipinski definition) is 7. The molecule has 2 aromatic rings. The lowest BCUT2D eigenvalue weighted by Gasteiger charge is -2.28. The van der Waals surface area contributed by atoms with Crippen LogP contribution in [0.2, 0.25) is 5.02 Å². The van der Waals surface area contributed by atoms with Crippen LogP contribution in [0.3, 0.4) is 0 Å². The van der Waals surface area contributed by atoms with Gasteiger partial charge in [-0.15, -0.1) is 0 Å². The van der Waals surface area contributed by atoms with Crippen molar-refractivity contribution in [1.82, 2.24) is 0 Å². The molecule has 30 heavy (non-hydrogen) atoms. The van der Waals surface area contributed by atoms with Gasteiger partial charge in [0.15, 0.2) is 26.5 Å². The molecule has 0 aliphatic carbocycles. The second-order valence-corrected chi connectivity index (χ2v) is 10.8. The Balaban J connectivity index is 1.47. The molecule has 0 unspecified atom stereocenters. The van der Waals surface area contributed by atoms with Crippen molar-refractivity contribution in [3.63, 3.8) is 0 Å². The fraction of sp³-hybridized carbons (Fsp3) is 0.350. The van der Waals surface area contributed by atoms with E-state index in [2.05, 4.69) is 4.99 Å². The Morgan fingerprint density at radius 3 is 2.77 bits per heavy atom. The van der Waals surface area contributed by atoms with Gasteiger partial charge in [0.25, 0.3) is 0 Å². The van der Waals surface area contributed by atoms with Gasteiger partial charge in [0.2, 0.25) is 0 Å². The fourth-order valence-corrected chi connectivity index (χ4v) is 7.23. The van der Waals surface area contributed by atoms with Gasteiger partial charge in [0, 0.05) is 28.1 Å². The molecule has 2 aromatic carbocycles. The Morgan fingerprint density at radius 1 is 1.17 bits per heavy atom. The molecule has 3 heterocycles. The van der Waals surface area contributed by atoms with E-state index in [1.807, 2.05) is 23.1 Å². The first kappa shape index (κ1) is 20.0. The predicted octanol–water partition coefficient (Wildman–Crippen LogP) is 3.53. The molecule has 0 aromatic heterocycles. The van der Waals surface area contributed by atoms with Crippen molar-refractivity contribution in [1.29, 1.82) is 0 Å². The Bertz CT molecular complexity index is 1120. The van der Waals surface area contributed by atoms with Crippen molar-refractivity contribution in [3.05, 3.63) is 52.8 Å². The lowest BCUT2D eigenvalue weighted by molar-refractivity contribution is 0.171. The smallest absolute Gasteiger partial charge is 0.164 e. The fourth-order valence-electron chi connectivity index (χ4n) is 3.92. The predicted molar refractivity (Wildman–Crippen MR) is 116 cm³/mol. The van der Waals surface area contributed by atoms with Crippen molar-refractivity contribution in [2.75, 3.05) is 29.6 Å². The summed E-state index contributed by atoms with van der Waals surface area (Å²) in [5.41, 5.74) is 1.17. The van der Waals surface area contributed by atoms with Crippen molar-refractivity contribution >= 4 is 44.1 Å². The van der Waals surface area contributed by atoms with E-state index < -0.39 is 9.84 Å². The highest BCUT2D eigenvalue weighted by Gasteiger charge is 2.47. The highest BCUT2D eigenvalue weighted by atomic mass is 35.5. The molecule has 2 atom stereocenters. The first-order valence-corrected chi connectivity index (χ1v) is 12.6. The van der Waals surface area contributed by atoms with Crippen molar-refractivity contribution in [2.45, 2.75) is 17.8 Å². The normalized spacial score (nSPS) is 23.9. The minimum Gasteiger partial charge on any atom is -0.486 e. The number of benzene rings is 2. The van der Waals surface area contributed by atoms with Crippen LogP contribution in [0.5, 0.6) is 11.5 Å². The molecule has 0 saturated carbocycles. The molecule has 0 amide bonds. The summed E-state index contributed by atoms with van der Waals surface area (Å²) in [5, 5.41) is 1.01. The molecule has 10 heteroatoms. The van der Waals surface area contributed by atoms with Gasteiger partial charge in [-0.05, 0) is 24.3 Å². The third kappa shape index (κ3) is 3.63. The molecular weight excluding hydrogens is 451 g/mol. The number of halogens is 2. The Morgan fingerprint density at radius 2 is 1.97 bits per heavy atom. The van der Waals surface area contributed by atoms with Crippen LogP contribution in [-0.4, -0.2) is 50.4 Å². The number of thioether (sulfide) groups is 1. The van der Waals surface area contributed by atoms with Crippen molar-refractivity contribution in [3.8, 4) is 11.5 Å². The van der Waals surface area contributed by atoms with E-state index in [-0.39, 0.29) is 35.2 Å². The first-order valence-electron chi connectivity index (χ1n) is 9.44. The monoisotopic (exact) mass is 468 g/mol. The minimum atomic E-state index is -3.16. The minimum absolute atomic E-state index is 0.0171. The molecule has 0 spiro atoms. The van der Waals surface area contributed by atoms with Crippen LogP contribution in [0.25, 0.3) is 0 Å². The van der Waals surface area contributed by atoms with Gasteiger partial charge in [0.1, 0.15) is 19.0 Å². The summed E-state index contributed by atoms with van der Waals surface area (Å²) in [4.78, 5) is 6.60. The molecule has 0 N–H and O–H groups in total. The largest absolute Gasteiger partial charge is 0.486 e. The van der Waals surface area contributed by atoms with Gasteiger partial charge >= 0.3 is 0 Å². The number of fused-ring (bicyclic) bond motifs is 2. The zero-order valence-corrected chi connectivity index (χ0v) is 18.1. The van der Waals surface area contributed by atoms with Gasteiger partial charge < -0.3 is 14.4 Å². The van der Waals surface area contributed by atoms with Crippen LogP contribution in [0.4, 0.5) is 10.1 Å². The number of anilines is 1. The molecule has 3 aliphatic heterocycles. The van der Waals surface area contributed by atoms with Crippen molar-refractivity contribution in [2.24, 2.45) is 4.99 Å². The number of amidine groups is 1. The summed E-state index contributed by atoms with van der Waals surface area (Å²) < 4.78 is 49.9. The molecule has 1 saturated heterocycles. The number of rotatable bonds is 3. The van der Waals surface area contributed by atoms with Crippen LogP contribution in [-0.2, 0) is 15.6 Å². The summed E-state index contributed by atoms with van der Waals surface area (Å²) in [6, 6.07) is 9.47. The molecule has 6 nitrogen and oxygen atoms in total. The Hall–Kier alpha value is -1.97. The van der Waals surface area contributed by atoms with Gasteiger partial charge in [-0.3, -0.25) is 4.99 Å². The Labute approximate surface area is 182 Å². The molecular formula is C20H18ClFN2O4S2. The van der Waals surface area contributed by atoms with Crippen molar-refractivity contribution < 1.29 is 22.3 Å². The van der Waals surface area contributed by atoms with Gasteiger partial charge in [-0.25, -0.2) is 12.8 Å². The lowest BCUT2D eigenvalue weighted by atomic mass is 10.1. The van der Waals surface area contributed by atoms with Crippen LogP contribution < -0.4 is 14.4 Å². The maximum atomic E-state index is 14.2. The standard InChI is InChI=1S/C20H18ClFN2O4S2/c21-14-2-1-3-15(22)13(14)9-29-20-23-16-10-30(25,26)11-17(16)24(20)12-4-5-18-19(8-12)28-7-6-27-18/h1-5,8,16-17H,6-7,9-11H2/t16-,17-/m1/s1. The molecule has 0 bridgehead atoms. The van der Waals surface area contributed by atoms with Crippen LogP contribution in [0.15, 0.2) is 41.4 Å². The van der Waals surface area contributed by atoms with Crippen LogP contribution in [0.1, 0.15) is 5.56 Å². The van der Waals surface area contributed by atoms with Gasteiger partial charge in [-0.2, -0.15) is 0 Å². The molecule has 5 rings (SSSR count). The highest BCUT2D eigenvalue weighted by Crippen LogP contribution is 2.40. The number of ether oxygens (including phenoxy) is 2. The second-order valence-electron chi connectivity index (χ2n) is 7.31. The van der Waals surface area contributed by atoms with E-state index in [1.54, 1.807) is 12.1 Å². The summed E-state index contributed by atoms with van der Waals surface area (Å²) >= 11 is 7.51. The zero-order valence-electron chi connectivity index (χ0n) is 15.8. The summed E-state index contributed by atoms with van der Waals surface area (Å²) in [6.45, 7) is 0.948. The molecule has 1 fully saturated rings. The SMILES string of the molecule is O=S1(=O)C[C@@H]2[C@@H](C1)N=C(SCc1c(F)cccc1Cl)N2c1ccc2c(c1)OCCO2. The third-order valence-corrected chi connectivity index (χ3v) is 8.36. The lowest BCUT2D eigenvalue weighted by Crippen LogP contribution is -2.39. The highest BCUT2D eigenvalue weighted by molar-refractivity contribution is 8.13. The number of aliphatic imine (C=N–C) groups is 1. The number of nitrogens with zero attached hydrogens (tertiary/aromatic N) is 2. The van der Waals surface area contributed by atoms with E-state index in [0.29, 0.717) is 40.5 Å². The first-order chi connectivity index (χ1) is 14.4. The van der Waals surface area contributed by atoms with E-state index in [0.717, 1.165) is 5.69 Å². The van der Waals surface area contributed by atoms with Gasteiger partial charge in [0.05, 0.1) is 23.6 Å². The molecule has 158 valence electrons. The summed E-state index contributed by atoms with van der Waals surface area (Å²) in [6.07, 6.45) is 0. The number of hydrogen-bond donors (Lipinski definition) is 0. The average Bonchev–Trinajstić information content (AvgIpc) is 3.18. The van der Waals surface area contributed by atoms with E-state index in [4.69, 9.17) is 21.1 Å². The van der Waals surface area contributed by atoms with E-state index >= 15 is 0 Å². The molecule has 0 radical (unpaired) electrons. The topological polar surface area (TPSA) is 68.2 Å².